The molecule has 0 spiro atoms. The number of nitrogens with zero attached hydrogens (tertiary/aromatic N) is 1. The van der Waals surface area contributed by atoms with E-state index in [1.165, 1.54) is 19.2 Å². The molecule has 1 aliphatic rings. The number of nitro benzene ring substituents is 1. The maximum absolute atomic E-state index is 12.8. The molecule has 1 atom stereocenters. The predicted octanol–water partition coefficient (Wildman–Crippen LogP) is 3.36. The van der Waals surface area contributed by atoms with E-state index in [9.17, 15) is 19.7 Å². The fourth-order valence-corrected chi connectivity index (χ4v) is 3.09. The number of carbonyl (C=O) groups is 2. The van der Waals surface area contributed by atoms with Crippen molar-refractivity contribution in [1.29, 1.82) is 0 Å². The van der Waals surface area contributed by atoms with E-state index < -0.39 is 29.1 Å². The van der Waals surface area contributed by atoms with Gasteiger partial charge in [-0.25, -0.2) is 9.59 Å². The number of nitro groups is 1. The summed E-state index contributed by atoms with van der Waals surface area (Å²) >= 11 is 0. The Balaban J connectivity index is 2.71. The Bertz CT molecular complexity index is 864. The highest BCUT2D eigenvalue weighted by Gasteiger charge is 2.38. The fraction of sp³-hybridized carbons (Fsp3) is 0.500. The molecule has 10 nitrogen and oxygen atoms in total. The first-order valence-corrected chi connectivity index (χ1v) is 9.74. The lowest BCUT2D eigenvalue weighted by Crippen LogP contribution is -2.46. The first kappa shape index (κ1) is 23.0. The van der Waals surface area contributed by atoms with Crippen LogP contribution in [0.4, 0.5) is 10.5 Å². The van der Waals surface area contributed by atoms with Crippen molar-refractivity contribution in [2.45, 2.75) is 52.7 Å². The third-order valence-corrected chi connectivity index (χ3v) is 4.35. The van der Waals surface area contributed by atoms with E-state index in [-0.39, 0.29) is 28.3 Å². The molecule has 30 heavy (non-hydrogen) atoms. The Hall–Kier alpha value is -3.30. The van der Waals surface area contributed by atoms with Crippen LogP contribution < -0.4 is 20.1 Å². The molecule has 1 unspecified atom stereocenters. The van der Waals surface area contributed by atoms with Crippen LogP contribution in [0.2, 0.25) is 0 Å². The highest BCUT2D eigenvalue weighted by atomic mass is 16.6. The standard InChI is InChI=1S/C20H27N3O7/c1-6-8-29-16-9-12(14(23(26)27)10-15(16)28-5)18-17(19(24)30-11(3)4)13(7-2)21-20(25)22-18/h9-11,18H,6-8H2,1-5H3,(H2,21,22,25). The number of nitrogens with one attached hydrogen (secondary N) is 2. The number of hydrogen-bond acceptors (Lipinski definition) is 7. The summed E-state index contributed by atoms with van der Waals surface area (Å²) in [6, 6.07) is 0.999. The zero-order valence-electron chi connectivity index (χ0n) is 17.7. The van der Waals surface area contributed by atoms with Crippen molar-refractivity contribution in [1.82, 2.24) is 10.6 Å². The monoisotopic (exact) mass is 421 g/mol. The van der Waals surface area contributed by atoms with E-state index in [1.54, 1.807) is 20.8 Å². The highest BCUT2D eigenvalue weighted by Crippen LogP contribution is 2.41. The number of amides is 2. The number of methoxy groups -OCH3 is 1. The van der Waals surface area contributed by atoms with Gasteiger partial charge in [-0.15, -0.1) is 0 Å². The maximum Gasteiger partial charge on any atom is 0.338 e. The van der Waals surface area contributed by atoms with E-state index in [1.807, 2.05) is 6.92 Å². The molecule has 10 heteroatoms. The predicted molar refractivity (Wildman–Crippen MR) is 108 cm³/mol. The summed E-state index contributed by atoms with van der Waals surface area (Å²) in [4.78, 5) is 36.3. The van der Waals surface area contributed by atoms with Crippen molar-refractivity contribution < 1.29 is 28.7 Å². The Labute approximate surface area is 174 Å². The normalized spacial score (nSPS) is 16.1. The summed E-state index contributed by atoms with van der Waals surface area (Å²) in [6.07, 6.45) is 0.636. The molecule has 164 valence electrons. The van der Waals surface area contributed by atoms with E-state index in [0.29, 0.717) is 25.1 Å². The van der Waals surface area contributed by atoms with Gasteiger partial charge in [0, 0.05) is 5.70 Å². The van der Waals surface area contributed by atoms with Crippen LogP contribution in [-0.2, 0) is 9.53 Å². The Kier molecular flexibility index (Phi) is 7.62. The molecule has 0 saturated heterocycles. The zero-order valence-corrected chi connectivity index (χ0v) is 17.7. The van der Waals surface area contributed by atoms with Crippen LogP contribution in [0, 0.1) is 10.1 Å². The second-order valence-corrected chi connectivity index (χ2v) is 6.90. The lowest BCUT2D eigenvalue weighted by Gasteiger charge is -2.29. The minimum absolute atomic E-state index is 0.100. The van der Waals surface area contributed by atoms with Gasteiger partial charge in [0.1, 0.15) is 0 Å². The molecule has 2 N–H and O–H groups in total. The van der Waals surface area contributed by atoms with Crippen LogP contribution in [-0.4, -0.2) is 36.7 Å². The second-order valence-electron chi connectivity index (χ2n) is 6.90. The van der Waals surface area contributed by atoms with Gasteiger partial charge in [-0.2, -0.15) is 0 Å². The molecule has 1 aromatic rings. The largest absolute Gasteiger partial charge is 0.493 e. The molecule has 1 heterocycles. The first-order chi connectivity index (χ1) is 14.2. The molecule has 0 aliphatic carbocycles. The number of carbonyl (C=O) groups excluding carboxylic acids is 2. The fourth-order valence-electron chi connectivity index (χ4n) is 3.09. The van der Waals surface area contributed by atoms with Crippen LogP contribution in [0.25, 0.3) is 0 Å². The van der Waals surface area contributed by atoms with Gasteiger partial charge in [0.15, 0.2) is 11.5 Å². The Morgan fingerprint density at radius 1 is 1.27 bits per heavy atom. The van der Waals surface area contributed by atoms with Gasteiger partial charge in [0.05, 0.1) is 48.0 Å². The summed E-state index contributed by atoms with van der Waals surface area (Å²) in [5, 5.41) is 17.0. The van der Waals surface area contributed by atoms with E-state index >= 15 is 0 Å². The number of benzene rings is 1. The van der Waals surface area contributed by atoms with Gasteiger partial charge in [-0.05, 0) is 32.8 Å². The van der Waals surface area contributed by atoms with Crippen molar-refractivity contribution >= 4 is 17.7 Å². The smallest absolute Gasteiger partial charge is 0.338 e. The highest BCUT2D eigenvalue weighted by molar-refractivity contribution is 5.95. The number of ether oxygens (including phenoxy) is 3. The number of rotatable bonds is 9. The minimum atomic E-state index is -1.09. The summed E-state index contributed by atoms with van der Waals surface area (Å²) in [5.74, 6) is -0.201. The summed E-state index contributed by atoms with van der Waals surface area (Å²) < 4.78 is 16.2. The van der Waals surface area contributed by atoms with E-state index in [0.717, 1.165) is 0 Å². The summed E-state index contributed by atoms with van der Waals surface area (Å²) in [5.41, 5.74) is 0.243. The van der Waals surface area contributed by atoms with Gasteiger partial charge in [0.25, 0.3) is 5.69 Å². The average Bonchev–Trinajstić information content (AvgIpc) is 2.69. The molecule has 0 saturated carbocycles. The van der Waals surface area contributed by atoms with Gasteiger partial charge in [-0.3, -0.25) is 10.1 Å². The zero-order chi connectivity index (χ0) is 22.4. The van der Waals surface area contributed by atoms with Crippen LogP contribution in [0.15, 0.2) is 23.4 Å². The molecular weight excluding hydrogens is 394 g/mol. The van der Waals surface area contributed by atoms with Crippen LogP contribution in [0.3, 0.4) is 0 Å². The minimum Gasteiger partial charge on any atom is -0.493 e. The lowest BCUT2D eigenvalue weighted by molar-refractivity contribution is -0.385. The molecule has 0 bridgehead atoms. The molecular formula is C20H27N3O7. The molecule has 2 amide bonds. The molecule has 1 aromatic carbocycles. The van der Waals surface area contributed by atoms with Gasteiger partial charge in [0.2, 0.25) is 0 Å². The third-order valence-electron chi connectivity index (χ3n) is 4.35. The van der Waals surface area contributed by atoms with Crippen molar-refractivity contribution in [3.63, 3.8) is 0 Å². The summed E-state index contributed by atoms with van der Waals surface area (Å²) in [7, 11) is 1.38. The number of esters is 1. The van der Waals surface area contributed by atoms with Crippen LogP contribution >= 0.6 is 0 Å². The Morgan fingerprint density at radius 2 is 1.97 bits per heavy atom. The number of allylic oxidation sites excluding steroid dienone is 1. The molecule has 0 fully saturated rings. The Morgan fingerprint density at radius 3 is 2.50 bits per heavy atom. The van der Waals surface area contributed by atoms with Crippen molar-refractivity contribution in [2.24, 2.45) is 0 Å². The molecule has 0 radical (unpaired) electrons. The molecule has 2 rings (SSSR count). The van der Waals surface area contributed by atoms with Crippen molar-refractivity contribution in [2.75, 3.05) is 13.7 Å². The second kappa shape index (κ2) is 9.95. The van der Waals surface area contributed by atoms with E-state index in [2.05, 4.69) is 10.6 Å². The first-order valence-electron chi connectivity index (χ1n) is 9.74. The maximum atomic E-state index is 12.8. The van der Waals surface area contributed by atoms with Gasteiger partial charge >= 0.3 is 12.0 Å². The summed E-state index contributed by atoms with van der Waals surface area (Å²) in [6.45, 7) is 7.44. The van der Waals surface area contributed by atoms with Crippen LogP contribution in [0.1, 0.15) is 52.1 Å². The quantitative estimate of drug-likeness (QED) is 0.355. The van der Waals surface area contributed by atoms with Crippen molar-refractivity contribution in [3.05, 3.63) is 39.1 Å². The molecule has 0 aromatic heterocycles. The van der Waals surface area contributed by atoms with Crippen LogP contribution in [0.5, 0.6) is 11.5 Å². The average molecular weight is 421 g/mol. The SMILES string of the molecule is CCCOc1cc(C2NC(=O)NC(CC)=C2C(=O)OC(C)C)c([N+](=O)[O-])cc1OC. The van der Waals surface area contributed by atoms with Crippen molar-refractivity contribution in [3.8, 4) is 11.5 Å². The van der Waals surface area contributed by atoms with Gasteiger partial charge in [-0.1, -0.05) is 13.8 Å². The molecule has 1 aliphatic heterocycles. The van der Waals surface area contributed by atoms with Gasteiger partial charge < -0.3 is 24.8 Å². The number of urea groups is 1. The topological polar surface area (TPSA) is 129 Å². The lowest BCUT2D eigenvalue weighted by atomic mass is 9.92. The number of hydrogen-bond donors (Lipinski definition) is 2. The van der Waals surface area contributed by atoms with E-state index in [4.69, 9.17) is 14.2 Å². The third kappa shape index (κ3) is 5.00.